The number of imidazole rings is 1. The van der Waals surface area contributed by atoms with Crippen molar-refractivity contribution in [2.45, 2.75) is 31.2 Å². The quantitative estimate of drug-likeness (QED) is 0.787. The second-order valence-electron chi connectivity index (χ2n) is 6.04. The van der Waals surface area contributed by atoms with Crippen molar-refractivity contribution in [1.82, 2.24) is 9.55 Å². The minimum Gasteiger partial charge on any atom is -0.611 e. The monoisotopic (exact) mass is 339 g/mol. The highest BCUT2D eigenvalue weighted by atomic mass is 35.5. The minimum atomic E-state index is -1.08. The molecule has 120 valence electrons. The molecule has 0 saturated carbocycles. The van der Waals surface area contributed by atoms with Crippen LogP contribution in [0.4, 0.5) is 0 Å². The number of halogens is 1. The van der Waals surface area contributed by atoms with Crippen molar-refractivity contribution < 1.29 is 4.55 Å². The van der Waals surface area contributed by atoms with Crippen LogP contribution in [0.15, 0.2) is 47.9 Å². The van der Waals surface area contributed by atoms with Gasteiger partial charge in [-0.25, -0.2) is 4.98 Å². The highest BCUT2D eigenvalue weighted by Gasteiger charge is 2.35. The lowest BCUT2D eigenvalue weighted by Gasteiger charge is -2.35. The lowest BCUT2D eigenvalue weighted by atomic mass is 9.84. The number of aromatic nitrogens is 2. The van der Waals surface area contributed by atoms with Crippen molar-refractivity contribution in [3.63, 3.8) is 0 Å². The van der Waals surface area contributed by atoms with Crippen molar-refractivity contribution >= 4 is 22.8 Å². The number of nitrogens with two attached hydrogens (primary N) is 1. The van der Waals surface area contributed by atoms with E-state index in [-0.39, 0.29) is 11.5 Å². The van der Waals surface area contributed by atoms with E-state index in [9.17, 15) is 4.55 Å². The van der Waals surface area contributed by atoms with Crippen LogP contribution in [-0.2, 0) is 11.2 Å². The van der Waals surface area contributed by atoms with E-state index in [2.05, 4.69) is 23.4 Å². The molecule has 22 heavy (non-hydrogen) atoms. The molecule has 2 rings (SSSR count). The predicted molar refractivity (Wildman–Crippen MR) is 91.4 cm³/mol. The standard InChI is InChI=1S/C16H22ClN3OS/c1-16(2,15(7-8-18)20-10-9-19-12-20)11-22(21)14-5-3-13(17)4-6-14/h3-6,9-10,12,15H,7-8,11,18H2,1-2H3. The van der Waals surface area contributed by atoms with Crippen molar-refractivity contribution in [3.8, 4) is 0 Å². The summed E-state index contributed by atoms with van der Waals surface area (Å²) in [7, 11) is 0. The largest absolute Gasteiger partial charge is 0.611 e. The zero-order valence-electron chi connectivity index (χ0n) is 12.9. The summed E-state index contributed by atoms with van der Waals surface area (Å²) in [5.41, 5.74) is 5.59. The molecule has 4 nitrogen and oxygen atoms in total. The van der Waals surface area contributed by atoms with Gasteiger partial charge in [0, 0.05) is 28.9 Å². The maximum Gasteiger partial charge on any atom is 0.152 e. The van der Waals surface area contributed by atoms with Crippen LogP contribution in [0.3, 0.4) is 0 Å². The van der Waals surface area contributed by atoms with Gasteiger partial charge in [-0.2, -0.15) is 0 Å². The first-order chi connectivity index (χ1) is 10.4. The summed E-state index contributed by atoms with van der Waals surface area (Å²) in [5, 5.41) is 0.652. The van der Waals surface area contributed by atoms with Crippen LogP contribution >= 0.6 is 11.6 Å². The van der Waals surface area contributed by atoms with Gasteiger partial charge < -0.3 is 14.9 Å². The molecule has 0 bridgehead atoms. The number of rotatable bonds is 7. The molecular formula is C16H22ClN3OS. The number of benzene rings is 1. The molecular weight excluding hydrogens is 318 g/mol. The normalized spacial score (nSPS) is 14.8. The Balaban J connectivity index is 2.15. The summed E-state index contributed by atoms with van der Waals surface area (Å²) in [6.07, 6.45) is 6.32. The summed E-state index contributed by atoms with van der Waals surface area (Å²) >= 11 is 4.81. The Morgan fingerprint density at radius 3 is 2.59 bits per heavy atom. The van der Waals surface area contributed by atoms with Crippen LogP contribution in [0.5, 0.6) is 0 Å². The Labute approximate surface area is 139 Å². The van der Waals surface area contributed by atoms with Crippen LogP contribution in [-0.4, -0.2) is 26.4 Å². The Morgan fingerprint density at radius 1 is 1.36 bits per heavy atom. The van der Waals surface area contributed by atoms with E-state index >= 15 is 0 Å². The highest BCUT2D eigenvalue weighted by Crippen LogP contribution is 2.36. The first-order valence-corrected chi connectivity index (χ1v) is 8.95. The van der Waals surface area contributed by atoms with Crippen LogP contribution in [0.1, 0.15) is 26.3 Å². The fraction of sp³-hybridized carbons (Fsp3) is 0.438. The topological polar surface area (TPSA) is 66.9 Å². The van der Waals surface area contributed by atoms with Gasteiger partial charge in [0.25, 0.3) is 0 Å². The molecule has 2 N–H and O–H groups in total. The van der Waals surface area contributed by atoms with Crippen LogP contribution < -0.4 is 5.73 Å². The van der Waals surface area contributed by atoms with Crippen LogP contribution in [0.25, 0.3) is 0 Å². The second kappa shape index (κ2) is 7.51. The van der Waals surface area contributed by atoms with Gasteiger partial charge >= 0.3 is 0 Å². The van der Waals surface area contributed by atoms with Gasteiger partial charge in [0.2, 0.25) is 0 Å². The summed E-state index contributed by atoms with van der Waals surface area (Å²) in [6, 6.07) is 7.36. The van der Waals surface area contributed by atoms with Gasteiger partial charge in [0.1, 0.15) is 5.75 Å². The minimum absolute atomic E-state index is 0.163. The number of nitrogens with zero attached hydrogens (tertiary/aromatic N) is 2. The SMILES string of the molecule is CC(C)(C[S+]([O-])c1ccc(Cl)cc1)C(CCN)n1ccnc1. The van der Waals surface area contributed by atoms with E-state index in [0.29, 0.717) is 17.3 Å². The molecule has 0 radical (unpaired) electrons. The summed E-state index contributed by atoms with van der Waals surface area (Å²) in [4.78, 5) is 4.92. The van der Waals surface area contributed by atoms with E-state index in [1.54, 1.807) is 24.7 Å². The molecule has 6 heteroatoms. The third-order valence-corrected chi connectivity index (χ3v) is 5.86. The molecule has 1 heterocycles. The van der Waals surface area contributed by atoms with Gasteiger partial charge in [0.05, 0.1) is 6.33 Å². The van der Waals surface area contributed by atoms with E-state index in [4.69, 9.17) is 17.3 Å². The van der Waals surface area contributed by atoms with Crippen LogP contribution in [0.2, 0.25) is 5.02 Å². The third kappa shape index (κ3) is 4.26. The zero-order chi connectivity index (χ0) is 16.2. The summed E-state index contributed by atoms with van der Waals surface area (Å²) < 4.78 is 14.7. The highest BCUT2D eigenvalue weighted by molar-refractivity contribution is 7.91. The van der Waals surface area contributed by atoms with Crippen molar-refractivity contribution in [3.05, 3.63) is 48.0 Å². The van der Waals surface area contributed by atoms with Crippen molar-refractivity contribution in [1.29, 1.82) is 0 Å². The first kappa shape index (κ1) is 17.3. The first-order valence-electron chi connectivity index (χ1n) is 7.25. The Bertz CT molecular complexity index is 572. The average molecular weight is 340 g/mol. The van der Waals surface area contributed by atoms with E-state index in [1.165, 1.54) is 0 Å². The molecule has 0 amide bonds. The molecule has 1 aromatic carbocycles. The molecule has 0 aliphatic rings. The molecule has 0 saturated heterocycles. The molecule has 0 aliphatic carbocycles. The molecule has 0 spiro atoms. The molecule has 2 aromatic rings. The molecule has 2 atom stereocenters. The number of hydrogen-bond acceptors (Lipinski definition) is 3. The third-order valence-electron chi connectivity index (χ3n) is 3.81. The smallest absolute Gasteiger partial charge is 0.152 e. The molecule has 0 fully saturated rings. The fourth-order valence-corrected chi connectivity index (χ4v) is 4.26. The lowest BCUT2D eigenvalue weighted by molar-refractivity contribution is 0.233. The van der Waals surface area contributed by atoms with Crippen LogP contribution in [0, 0.1) is 5.41 Å². The fourth-order valence-electron chi connectivity index (χ4n) is 2.66. The summed E-state index contributed by atoms with van der Waals surface area (Å²) in [6.45, 7) is 4.84. The average Bonchev–Trinajstić information content (AvgIpc) is 2.98. The Hall–Kier alpha value is -1.01. The van der Waals surface area contributed by atoms with Gasteiger partial charge in [-0.3, -0.25) is 0 Å². The molecule has 2 unspecified atom stereocenters. The predicted octanol–water partition coefficient (Wildman–Crippen LogP) is 3.26. The molecule has 1 aromatic heterocycles. The van der Waals surface area contributed by atoms with Gasteiger partial charge in [-0.15, -0.1) is 0 Å². The maximum absolute atomic E-state index is 12.7. The van der Waals surface area contributed by atoms with Gasteiger partial charge in [-0.1, -0.05) is 25.4 Å². The van der Waals surface area contributed by atoms with E-state index in [0.717, 1.165) is 11.3 Å². The Morgan fingerprint density at radius 2 is 2.05 bits per heavy atom. The van der Waals surface area contributed by atoms with Crippen molar-refractivity contribution in [2.24, 2.45) is 11.1 Å². The lowest BCUT2D eigenvalue weighted by Crippen LogP contribution is -2.35. The van der Waals surface area contributed by atoms with E-state index < -0.39 is 11.2 Å². The maximum atomic E-state index is 12.7. The van der Waals surface area contributed by atoms with Gasteiger partial charge in [-0.05, 0) is 48.4 Å². The van der Waals surface area contributed by atoms with E-state index in [1.807, 2.05) is 18.3 Å². The van der Waals surface area contributed by atoms with Crippen molar-refractivity contribution in [2.75, 3.05) is 12.3 Å². The summed E-state index contributed by atoms with van der Waals surface area (Å²) in [5.74, 6) is 0.553. The van der Waals surface area contributed by atoms with Gasteiger partial charge in [0.15, 0.2) is 4.90 Å². The zero-order valence-corrected chi connectivity index (χ0v) is 14.5. The molecule has 0 aliphatic heterocycles. The second-order valence-corrected chi connectivity index (χ2v) is 7.92. The Kier molecular flexibility index (Phi) is 5.92. The number of hydrogen-bond donors (Lipinski definition) is 1.